The van der Waals surface area contributed by atoms with Crippen LogP contribution in [0.4, 0.5) is 10.6 Å². The smallest absolute Gasteiger partial charge is 0.409 e. The summed E-state index contributed by atoms with van der Waals surface area (Å²) in [5, 5.41) is 0. The van der Waals surface area contributed by atoms with Crippen LogP contribution < -0.4 is 10.6 Å². The van der Waals surface area contributed by atoms with Crippen molar-refractivity contribution in [3.8, 4) is 0 Å². The minimum absolute atomic E-state index is 0. The van der Waals surface area contributed by atoms with Gasteiger partial charge in [-0.1, -0.05) is 0 Å². The molecule has 136 valence electrons. The van der Waals surface area contributed by atoms with E-state index in [1.807, 2.05) is 6.92 Å². The number of anilines is 1. The molecule has 0 spiro atoms. The molecular formula is C15H25Cl2N5O2. The standard InChI is InChI=1S/C15H23N5O2.2ClH/c1-2-22-15(21)20-5-3-19(4-6-20)14-9-13(17-10-18-14)11-7-12(16)8-11;;/h9-12H,2-8,16H2,1H3;2*1H. The van der Waals surface area contributed by atoms with Crippen molar-refractivity contribution in [2.75, 3.05) is 37.7 Å². The zero-order chi connectivity index (χ0) is 15.5. The van der Waals surface area contributed by atoms with Gasteiger partial charge in [-0.2, -0.15) is 0 Å². The van der Waals surface area contributed by atoms with E-state index in [1.165, 1.54) is 0 Å². The van der Waals surface area contributed by atoms with E-state index < -0.39 is 0 Å². The van der Waals surface area contributed by atoms with E-state index in [1.54, 1.807) is 11.2 Å². The van der Waals surface area contributed by atoms with Crippen LogP contribution in [0.15, 0.2) is 12.4 Å². The molecule has 0 unspecified atom stereocenters. The molecule has 0 atom stereocenters. The lowest BCUT2D eigenvalue weighted by Crippen LogP contribution is -2.49. The van der Waals surface area contributed by atoms with E-state index in [4.69, 9.17) is 10.5 Å². The third-order valence-corrected chi connectivity index (χ3v) is 4.40. The Hall–Kier alpha value is -1.31. The maximum atomic E-state index is 11.7. The first-order valence-electron chi connectivity index (χ1n) is 7.91. The molecule has 1 saturated heterocycles. The third kappa shape index (κ3) is 4.62. The van der Waals surface area contributed by atoms with Crippen molar-refractivity contribution < 1.29 is 9.53 Å². The van der Waals surface area contributed by atoms with Crippen LogP contribution in [0.2, 0.25) is 0 Å². The fourth-order valence-electron chi connectivity index (χ4n) is 2.99. The lowest BCUT2D eigenvalue weighted by molar-refractivity contribution is 0.105. The molecule has 0 aromatic carbocycles. The Morgan fingerprint density at radius 1 is 1.25 bits per heavy atom. The van der Waals surface area contributed by atoms with Crippen LogP contribution in [0.3, 0.4) is 0 Å². The first kappa shape index (κ1) is 20.7. The second-order valence-electron chi connectivity index (χ2n) is 5.90. The van der Waals surface area contributed by atoms with Crippen molar-refractivity contribution in [1.82, 2.24) is 14.9 Å². The summed E-state index contributed by atoms with van der Waals surface area (Å²) in [6.45, 7) is 5.08. The fraction of sp³-hybridized carbons (Fsp3) is 0.667. The Morgan fingerprint density at radius 2 is 1.92 bits per heavy atom. The predicted octanol–water partition coefficient (Wildman–Crippen LogP) is 1.80. The monoisotopic (exact) mass is 377 g/mol. The predicted molar refractivity (Wildman–Crippen MR) is 97.3 cm³/mol. The van der Waals surface area contributed by atoms with Crippen LogP contribution in [0, 0.1) is 0 Å². The highest BCUT2D eigenvalue weighted by Crippen LogP contribution is 2.35. The molecule has 24 heavy (non-hydrogen) atoms. The molecule has 0 bridgehead atoms. The van der Waals surface area contributed by atoms with Gasteiger partial charge >= 0.3 is 6.09 Å². The maximum absolute atomic E-state index is 11.7. The van der Waals surface area contributed by atoms with Gasteiger partial charge in [-0.15, -0.1) is 24.8 Å². The van der Waals surface area contributed by atoms with E-state index in [0.29, 0.717) is 31.7 Å². The van der Waals surface area contributed by atoms with Crippen LogP contribution in [-0.4, -0.2) is 59.8 Å². The fourth-order valence-corrected chi connectivity index (χ4v) is 2.99. The number of aromatic nitrogens is 2. The molecule has 2 fully saturated rings. The number of rotatable bonds is 3. The second kappa shape index (κ2) is 9.25. The Bertz CT molecular complexity index is 534. The largest absolute Gasteiger partial charge is 0.450 e. The first-order valence-corrected chi connectivity index (χ1v) is 7.91. The molecule has 1 aromatic heterocycles. The molecule has 1 aliphatic carbocycles. The van der Waals surface area contributed by atoms with Crippen LogP contribution in [0.1, 0.15) is 31.4 Å². The van der Waals surface area contributed by atoms with Crippen molar-refractivity contribution in [3.05, 3.63) is 18.1 Å². The normalized spacial score (nSPS) is 22.8. The molecule has 2 N–H and O–H groups in total. The minimum atomic E-state index is -0.228. The second-order valence-corrected chi connectivity index (χ2v) is 5.90. The van der Waals surface area contributed by atoms with Gasteiger partial charge in [0, 0.05) is 49.9 Å². The minimum Gasteiger partial charge on any atom is -0.450 e. The number of carbonyl (C=O) groups excluding carboxylic acids is 1. The van der Waals surface area contributed by atoms with Gasteiger partial charge in [-0.25, -0.2) is 14.8 Å². The number of carbonyl (C=O) groups is 1. The van der Waals surface area contributed by atoms with Gasteiger partial charge in [0.25, 0.3) is 0 Å². The summed E-state index contributed by atoms with van der Waals surface area (Å²) in [6, 6.07) is 2.38. The number of amides is 1. The molecule has 2 heterocycles. The van der Waals surface area contributed by atoms with Gasteiger partial charge in [0.2, 0.25) is 0 Å². The Morgan fingerprint density at radius 3 is 2.50 bits per heavy atom. The van der Waals surface area contributed by atoms with E-state index in [0.717, 1.165) is 37.4 Å². The molecule has 9 heteroatoms. The highest BCUT2D eigenvalue weighted by Gasteiger charge is 2.29. The summed E-state index contributed by atoms with van der Waals surface area (Å²) >= 11 is 0. The SMILES string of the molecule is CCOC(=O)N1CCN(c2cc(C3CC(N)C3)ncn2)CC1.Cl.Cl. The highest BCUT2D eigenvalue weighted by molar-refractivity contribution is 5.85. The van der Waals surface area contributed by atoms with E-state index in [2.05, 4.69) is 20.9 Å². The lowest BCUT2D eigenvalue weighted by atomic mass is 9.78. The molecule has 1 aliphatic heterocycles. The van der Waals surface area contributed by atoms with Crippen molar-refractivity contribution in [2.24, 2.45) is 5.73 Å². The molecule has 1 aromatic rings. The molecule has 3 rings (SSSR count). The van der Waals surface area contributed by atoms with Crippen LogP contribution in [0.25, 0.3) is 0 Å². The zero-order valence-electron chi connectivity index (χ0n) is 13.8. The quantitative estimate of drug-likeness (QED) is 0.864. The summed E-state index contributed by atoms with van der Waals surface area (Å²) in [5.41, 5.74) is 6.94. The number of piperazine rings is 1. The number of ether oxygens (including phenoxy) is 1. The van der Waals surface area contributed by atoms with Gasteiger partial charge in [0.05, 0.1) is 6.61 Å². The highest BCUT2D eigenvalue weighted by atomic mass is 35.5. The Balaban J connectivity index is 0.00000144. The van der Waals surface area contributed by atoms with Gasteiger partial charge < -0.3 is 20.3 Å². The Labute approximate surface area is 154 Å². The number of nitrogens with zero attached hydrogens (tertiary/aromatic N) is 4. The molecular weight excluding hydrogens is 353 g/mol. The van der Waals surface area contributed by atoms with Crippen molar-refractivity contribution in [2.45, 2.75) is 31.7 Å². The van der Waals surface area contributed by atoms with Gasteiger partial charge in [0.15, 0.2) is 0 Å². The number of hydrogen-bond donors (Lipinski definition) is 1. The average molecular weight is 378 g/mol. The molecule has 0 radical (unpaired) electrons. The van der Waals surface area contributed by atoms with Crippen LogP contribution >= 0.6 is 24.8 Å². The van der Waals surface area contributed by atoms with Gasteiger partial charge in [-0.05, 0) is 19.8 Å². The molecule has 1 saturated carbocycles. The number of halogens is 2. The maximum Gasteiger partial charge on any atom is 0.409 e. The zero-order valence-corrected chi connectivity index (χ0v) is 15.4. The molecule has 1 amide bonds. The van der Waals surface area contributed by atoms with Crippen molar-refractivity contribution in [3.63, 3.8) is 0 Å². The van der Waals surface area contributed by atoms with Crippen molar-refractivity contribution >= 4 is 36.7 Å². The number of hydrogen-bond acceptors (Lipinski definition) is 6. The molecule has 2 aliphatic rings. The van der Waals surface area contributed by atoms with Crippen LogP contribution in [-0.2, 0) is 4.74 Å². The Kier molecular flexibility index (Phi) is 7.99. The summed E-state index contributed by atoms with van der Waals surface area (Å²) in [7, 11) is 0. The third-order valence-electron chi connectivity index (χ3n) is 4.40. The van der Waals surface area contributed by atoms with E-state index >= 15 is 0 Å². The van der Waals surface area contributed by atoms with Crippen LogP contribution in [0.5, 0.6) is 0 Å². The van der Waals surface area contributed by atoms with Gasteiger partial charge in [0.1, 0.15) is 12.1 Å². The molecule has 7 nitrogen and oxygen atoms in total. The lowest BCUT2D eigenvalue weighted by Gasteiger charge is -2.35. The van der Waals surface area contributed by atoms with Crippen molar-refractivity contribution in [1.29, 1.82) is 0 Å². The van der Waals surface area contributed by atoms with E-state index in [9.17, 15) is 4.79 Å². The summed E-state index contributed by atoms with van der Waals surface area (Å²) in [4.78, 5) is 24.4. The number of nitrogens with two attached hydrogens (primary N) is 1. The summed E-state index contributed by atoms with van der Waals surface area (Å²) in [6.07, 6.45) is 3.42. The van der Waals surface area contributed by atoms with E-state index in [-0.39, 0.29) is 30.9 Å². The first-order chi connectivity index (χ1) is 10.7. The summed E-state index contributed by atoms with van der Waals surface area (Å²) in [5.74, 6) is 1.41. The summed E-state index contributed by atoms with van der Waals surface area (Å²) < 4.78 is 5.04. The van der Waals surface area contributed by atoms with Gasteiger partial charge in [-0.3, -0.25) is 0 Å². The topological polar surface area (TPSA) is 84.6 Å². The average Bonchev–Trinajstić information content (AvgIpc) is 2.52.